The van der Waals surface area contributed by atoms with Gasteiger partial charge >= 0.3 is 0 Å². The van der Waals surface area contributed by atoms with Crippen molar-refractivity contribution in [1.82, 2.24) is 4.90 Å². The highest BCUT2D eigenvalue weighted by Gasteiger charge is 2.21. The van der Waals surface area contributed by atoms with Crippen LogP contribution in [0.4, 0.5) is 0 Å². The Kier molecular flexibility index (Phi) is 5.86. The summed E-state index contributed by atoms with van der Waals surface area (Å²) in [5, 5.41) is 0. The van der Waals surface area contributed by atoms with Crippen LogP contribution < -0.4 is 4.74 Å². The summed E-state index contributed by atoms with van der Waals surface area (Å²) in [6, 6.07) is 6.34. The van der Waals surface area contributed by atoms with Gasteiger partial charge in [-0.2, -0.15) is 0 Å². The Morgan fingerprint density at radius 2 is 2.00 bits per heavy atom. The van der Waals surface area contributed by atoms with E-state index in [2.05, 4.69) is 50.4 Å². The van der Waals surface area contributed by atoms with Gasteiger partial charge in [-0.05, 0) is 42.7 Å². The summed E-state index contributed by atoms with van der Waals surface area (Å²) in [5.41, 5.74) is 2.46. The maximum atomic E-state index is 6.10. The second-order valence-corrected chi connectivity index (χ2v) is 6.61. The van der Waals surface area contributed by atoms with Crippen LogP contribution >= 0.6 is 0 Å². The van der Waals surface area contributed by atoms with E-state index in [4.69, 9.17) is 4.74 Å². The molecule has 1 aromatic rings. The third kappa shape index (κ3) is 4.60. The van der Waals surface area contributed by atoms with Crippen molar-refractivity contribution in [3.05, 3.63) is 42.0 Å². The lowest BCUT2D eigenvalue weighted by Gasteiger charge is -2.34. The van der Waals surface area contributed by atoms with E-state index in [1.807, 2.05) is 6.08 Å². The quantitative estimate of drug-likeness (QED) is 0.731. The molecule has 0 unspecified atom stereocenters. The molecular formula is C19H29NO. The molecule has 1 saturated heterocycles. The molecule has 2 rings (SSSR count). The first-order valence-corrected chi connectivity index (χ1v) is 8.14. The number of benzene rings is 1. The molecule has 21 heavy (non-hydrogen) atoms. The molecule has 0 aromatic heterocycles. The predicted molar refractivity (Wildman–Crippen MR) is 90.0 cm³/mol. The molecule has 2 nitrogen and oxygen atoms in total. The number of likely N-dealkylation sites (tertiary alicyclic amines) is 1. The SMILES string of the molecule is C=CCc1cccc(C)c1OCCN1C[C@@H](C)C[C@H](C)C1. The molecule has 0 amide bonds. The molecule has 2 heteroatoms. The van der Waals surface area contributed by atoms with Crippen LogP contribution in [0.15, 0.2) is 30.9 Å². The number of para-hydroxylation sites is 1. The third-order valence-electron chi connectivity index (χ3n) is 4.26. The van der Waals surface area contributed by atoms with Crippen LogP contribution in [0.2, 0.25) is 0 Å². The molecule has 1 heterocycles. The van der Waals surface area contributed by atoms with Crippen LogP contribution in [-0.2, 0) is 6.42 Å². The molecule has 1 aliphatic heterocycles. The largest absolute Gasteiger partial charge is 0.492 e. The van der Waals surface area contributed by atoms with E-state index in [0.29, 0.717) is 0 Å². The van der Waals surface area contributed by atoms with E-state index in [9.17, 15) is 0 Å². The molecule has 0 radical (unpaired) electrons. The van der Waals surface area contributed by atoms with Crippen molar-refractivity contribution in [3.63, 3.8) is 0 Å². The minimum absolute atomic E-state index is 0.772. The molecule has 1 aliphatic rings. The van der Waals surface area contributed by atoms with E-state index in [1.165, 1.54) is 30.6 Å². The molecule has 1 aromatic carbocycles. The zero-order valence-electron chi connectivity index (χ0n) is 13.8. The highest BCUT2D eigenvalue weighted by molar-refractivity contribution is 5.41. The van der Waals surface area contributed by atoms with Crippen LogP contribution in [0.1, 0.15) is 31.4 Å². The number of hydrogen-bond donors (Lipinski definition) is 0. The number of nitrogens with zero attached hydrogens (tertiary/aromatic N) is 1. The summed E-state index contributed by atoms with van der Waals surface area (Å²) in [6.07, 6.45) is 4.17. The van der Waals surface area contributed by atoms with Crippen molar-refractivity contribution >= 4 is 0 Å². The number of hydrogen-bond acceptors (Lipinski definition) is 2. The number of ether oxygens (including phenoxy) is 1. The fraction of sp³-hybridized carbons (Fsp3) is 0.579. The first kappa shape index (κ1) is 16.1. The van der Waals surface area contributed by atoms with E-state index < -0.39 is 0 Å². The van der Waals surface area contributed by atoms with E-state index in [0.717, 1.165) is 37.2 Å². The second-order valence-electron chi connectivity index (χ2n) is 6.61. The van der Waals surface area contributed by atoms with Crippen molar-refractivity contribution in [2.45, 2.75) is 33.6 Å². The highest BCUT2D eigenvalue weighted by atomic mass is 16.5. The van der Waals surface area contributed by atoms with Gasteiger partial charge in [0.15, 0.2) is 0 Å². The van der Waals surface area contributed by atoms with Crippen LogP contribution in [0, 0.1) is 18.8 Å². The standard InChI is InChI=1S/C19H29NO/c1-5-7-18-9-6-8-17(4)19(18)21-11-10-20-13-15(2)12-16(3)14-20/h5-6,8-9,15-16H,1,7,10-14H2,2-4H3/t15-,16-/m0/s1. The van der Waals surface area contributed by atoms with E-state index in [-0.39, 0.29) is 0 Å². The fourth-order valence-corrected chi connectivity index (χ4v) is 3.49. The van der Waals surface area contributed by atoms with Gasteiger partial charge in [0.2, 0.25) is 0 Å². The zero-order chi connectivity index (χ0) is 15.2. The number of aryl methyl sites for hydroxylation is 1. The van der Waals surface area contributed by atoms with Gasteiger partial charge in [-0.15, -0.1) is 6.58 Å². The summed E-state index contributed by atoms with van der Waals surface area (Å²) in [6.45, 7) is 14.9. The summed E-state index contributed by atoms with van der Waals surface area (Å²) in [7, 11) is 0. The number of allylic oxidation sites excluding steroid dienone is 1. The first-order chi connectivity index (χ1) is 10.1. The lowest BCUT2D eigenvalue weighted by atomic mass is 9.92. The summed E-state index contributed by atoms with van der Waals surface area (Å²) in [5.74, 6) is 2.67. The Bertz CT molecular complexity index is 459. The van der Waals surface area contributed by atoms with Crippen molar-refractivity contribution in [1.29, 1.82) is 0 Å². The maximum absolute atomic E-state index is 6.10. The highest BCUT2D eigenvalue weighted by Crippen LogP contribution is 2.25. The number of piperidine rings is 1. The molecule has 0 bridgehead atoms. The predicted octanol–water partition coefficient (Wildman–Crippen LogP) is 4.08. The normalized spacial score (nSPS) is 23.0. The van der Waals surface area contributed by atoms with Gasteiger partial charge in [-0.25, -0.2) is 0 Å². The smallest absolute Gasteiger partial charge is 0.125 e. The van der Waals surface area contributed by atoms with Crippen molar-refractivity contribution in [2.75, 3.05) is 26.2 Å². The number of rotatable bonds is 6. The molecule has 0 aliphatic carbocycles. The van der Waals surface area contributed by atoms with Gasteiger partial charge < -0.3 is 4.74 Å². The molecular weight excluding hydrogens is 258 g/mol. The lowest BCUT2D eigenvalue weighted by Crippen LogP contribution is -2.40. The van der Waals surface area contributed by atoms with Crippen LogP contribution in [-0.4, -0.2) is 31.1 Å². The Balaban J connectivity index is 1.90. The molecule has 1 fully saturated rings. The summed E-state index contributed by atoms with van der Waals surface area (Å²) >= 11 is 0. The second kappa shape index (κ2) is 7.65. The van der Waals surface area contributed by atoms with E-state index >= 15 is 0 Å². The molecule has 116 valence electrons. The van der Waals surface area contributed by atoms with Gasteiger partial charge in [0.1, 0.15) is 12.4 Å². The van der Waals surface area contributed by atoms with Gasteiger partial charge in [0, 0.05) is 19.6 Å². The van der Waals surface area contributed by atoms with Gasteiger partial charge in [0.05, 0.1) is 0 Å². The van der Waals surface area contributed by atoms with Gasteiger partial charge in [-0.1, -0.05) is 38.1 Å². The monoisotopic (exact) mass is 287 g/mol. The Morgan fingerprint density at radius 3 is 2.67 bits per heavy atom. The topological polar surface area (TPSA) is 12.5 Å². The molecule has 0 spiro atoms. The molecule has 2 atom stereocenters. The third-order valence-corrected chi connectivity index (χ3v) is 4.26. The lowest BCUT2D eigenvalue weighted by molar-refractivity contribution is 0.120. The Hall–Kier alpha value is -1.28. The summed E-state index contributed by atoms with van der Waals surface area (Å²) in [4.78, 5) is 2.55. The zero-order valence-corrected chi connectivity index (χ0v) is 13.8. The van der Waals surface area contributed by atoms with Crippen molar-refractivity contribution < 1.29 is 4.74 Å². The molecule has 0 saturated carbocycles. The summed E-state index contributed by atoms with van der Waals surface area (Å²) < 4.78 is 6.10. The van der Waals surface area contributed by atoms with Crippen LogP contribution in [0.3, 0.4) is 0 Å². The minimum Gasteiger partial charge on any atom is -0.492 e. The average molecular weight is 287 g/mol. The van der Waals surface area contributed by atoms with Crippen LogP contribution in [0.5, 0.6) is 5.75 Å². The van der Waals surface area contributed by atoms with E-state index in [1.54, 1.807) is 0 Å². The maximum Gasteiger partial charge on any atom is 0.125 e. The minimum atomic E-state index is 0.772. The first-order valence-electron chi connectivity index (χ1n) is 8.14. The van der Waals surface area contributed by atoms with Crippen molar-refractivity contribution in [3.8, 4) is 5.75 Å². The Morgan fingerprint density at radius 1 is 1.29 bits per heavy atom. The average Bonchev–Trinajstić information content (AvgIpc) is 2.41. The van der Waals surface area contributed by atoms with Crippen molar-refractivity contribution in [2.24, 2.45) is 11.8 Å². The van der Waals surface area contributed by atoms with Crippen LogP contribution in [0.25, 0.3) is 0 Å². The van der Waals surface area contributed by atoms with Gasteiger partial charge in [0.25, 0.3) is 0 Å². The fourth-order valence-electron chi connectivity index (χ4n) is 3.49. The van der Waals surface area contributed by atoms with Gasteiger partial charge in [-0.3, -0.25) is 4.90 Å². The Labute approximate surface area is 129 Å². The molecule has 0 N–H and O–H groups in total.